The first-order chi connectivity index (χ1) is 13.5. The molecule has 1 aromatic carbocycles. The number of carbonyl (C=O) groups excluding carboxylic acids is 3. The molecule has 0 atom stereocenters. The van der Waals surface area contributed by atoms with E-state index >= 15 is 0 Å². The molecule has 0 amide bonds. The van der Waals surface area contributed by atoms with E-state index in [-0.39, 0.29) is 19.8 Å². The zero-order valence-corrected chi connectivity index (χ0v) is 22.7. The van der Waals surface area contributed by atoms with Crippen molar-refractivity contribution >= 4 is 65.7 Å². The van der Waals surface area contributed by atoms with Gasteiger partial charge in [0.15, 0.2) is 0 Å². The van der Waals surface area contributed by atoms with Crippen LogP contribution in [0.15, 0.2) is 18.2 Å². The van der Waals surface area contributed by atoms with Gasteiger partial charge in [0, 0.05) is 0 Å². The minimum absolute atomic E-state index is 0.0322. The molecule has 0 unspecified atom stereocenters. The number of hydrogen-bond donors (Lipinski definition) is 0. The van der Waals surface area contributed by atoms with Gasteiger partial charge in [-0.05, 0) is 76.4 Å². The molecule has 6 nitrogen and oxygen atoms in total. The van der Waals surface area contributed by atoms with E-state index in [4.69, 9.17) is 14.2 Å². The molecule has 0 saturated heterocycles. The quantitative estimate of drug-likeness (QED) is 0.212. The van der Waals surface area contributed by atoms with Gasteiger partial charge in [-0.15, -0.1) is 0 Å². The number of carbonyl (C=O) groups is 3. The smallest absolute Gasteiger partial charge is 0.322 e. The summed E-state index contributed by atoms with van der Waals surface area (Å²) in [7, 11) is 0. The van der Waals surface area contributed by atoms with Crippen LogP contribution in [0.4, 0.5) is 0 Å². The summed E-state index contributed by atoms with van der Waals surface area (Å²) in [5.74, 6) is -1.22. The third kappa shape index (κ3) is 9.47. The summed E-state index contributed by atoms with van der Waals surface area (Å²) < 4.78 is 13.6. The van der Waals surface area contributed by atoms with Crippen LogP contribution in [0.5, 0.6) is 0 Å². The molecule has 1 aromatic rings. The molecule has 0 aromatic heterocycles. The third-order valence-electron chi connectivity index (χ3n) is 3.68. The van der Waals surface area contributed by atoms with Crippen LogP contribution in [-0.2, 0) is 48.4 Å². The highest BCUT2D eigenvalue weighted by Crippen LogP contribution is 2.23. The monoisotopic (exact) mass is 612 g/mol. The minimum Gasteiger partial charge on any atom is -0.460 e. The van der Waals surface area contributed by atoms with Crippen LogP contribution >= 0.6 is 47.8 Å². The van der Waals surface area contributed by atoms with E-state index in [0.29, 0.717) is 16.7 Å². The maximum Gasteiger partial charge on any atom is 0.322 e. The number of benzene rings is 1. The highest BCUT2D eigenvalue weighted by molar-refractivity contribution is 9.10. The van der Waals surface area contributed by atoms with Gasteiger partial charge < -0.3 is 14.2 Å². The van der Waals surface area contributed by atoms with Crippen LogP contribution in [0.2, 0.25) is 0 Å². The second-order valence-corrected chi connectivity index (χ2v) is 14.3. The molecule has 0 bridgehead atoms. The Morgan fingerprint density at radius 2 is 0.800 bits per heavy atom. The molecule has 0 saturated carbocycles. The maximum atomic E-state index is 12.0. The van der Waals surface area contributed by atoms with Crippen molar-refractivity contribution in [1.29, 1.82) is 0 Å². The first-order valence-electron chi connectivity index (χ1n) is 9.20. The Morgan fingerprint density at radius 1 is 0.600 bits per heavy atom. The van der Waals surface area contributed by atoms with E-state index in [1.807, 2.05) is 0 Å². The lowest BCUT2D eigenvalue weighted by molar-refractivity contribution is -0.147. The molecular weight excluding hydrogens is 588 g/mol. The Labute approximate surface area is 202 Å². The van der Waals surface area contributed by atoms with E-state index in [0.717, 1.165) is 0 Å². The first-order valence-corrected chi connectivity index (χ1v) is 11.6. The Morgan fingerprint density at radius 3 is 0.967 bits per heavy atom. The predicted molar refractivity (Wildman–Crippen MR) is 125 cm³/mol. The summed E-state index contributed by atoms with van der Waals surface area (Å²) in [6.07, 6.45) is 0. The van der Waals surface area contributed by atoms with Crippen molar-refractivity contribution in [3.8, 4) is 0 Å². The molecule has 0 aliphatic heterocycles. The molecule has 0 aliphatic rings. The van der Waals surface area contributed by atoms with E-state index in [2.05, 4.69) is 47.8 Å². The zero-order chi connectivity index (χ0) is 23.3. The van der Waals surface area contributed by atoms with Gasteiger partial charge >= 0.3 is 17.9 Å². The number of alkyl halides is 3. The maximum absolute atomic E-state index is 12.0. The van der Waals surface area contributed by atoms with E-state index < -0.39 is 30.9 Å². The average molecular weight is 615 g/mol. The van der Waals surface area contributed by atoms with Crippen LogP contribution in [0.3, 0.4) is 0 Å². The number of esters is 3. The molecule has 0 N–H and O–H groups in total. The van der Waals surface area contributed by atoms with Crippen LogP contribution in [-0.4, -0.2) is 30.9 Å². The van der Waals surface area contributed by atoms with Crippen LogP contribution in [0.1, 0.15) is 58.2 Å². The van der Waals surface area contributed by atoms with Crippen LogP contribution in [0, 0.1) is 0 Å². The molecular formula is C21H27Br3O6. The zero-order valence-electron chi connectivity index (χ0n) is 17.9. The van der Waals surface area contributed by atoms with Crippen molar-refractivity contribution in [1.82, 2.24) is 0 Å². The standard InChI is InChI=1S/C21H27Br3O6/c1-19(2,22)16(25)28-10-13-7-14(11-29-17(26)20(3,4)23)9-15(8-13)12-30-18(27)21(5,6)24/h7-9H,10-12H2,1-6H3. The van der Waals surface area contributed by atoms with Crippen molar-refractivity contribution in [2.45, 2.75) is 74.3 Å². The summed E-state index contributed by atoms with van der Waals surface area (Å²) in [5, 5.41) is 0. The molecule has 0 aliphatic carbocycles. The number of halogens is 3. The van der Waals surface area contributed by atoms with Crippen molar-refractivity contribution in [3.63, 3.8) is 0 Å². The van der Waals surface area contributed by atoms with Gasteiger partial charge in [-0.25, -0.2) is 0 Å². The van der Waals surface area contributed by atoms with Gasteiger partial charge in [0.05, 0.1) is 0 Å². The SMILES string of the molecule is CC(C)(Br)C(=O)OCc1cc(COC(=O)C(C)(C)Br)cc(COC(=O)C(C)(C)Br)c1. The van der Waals surface area contributed by atoms with Crippen molar-refractivity contribution in [3.05, 3.63) is 34.9 Å². The largest absolute Gasteiger partial charge is 0.460 e. The topological polar surface area (TPSA) is 78.9 Å². The third-order valence-corrected chi connectivity index (χ3v) is 4.65. The Kier molecular flexibility index (Phi) is 9.57. The molecule has 168 valence electrons. The molecule has 0 spiro atoms. The number of rotatable bonds is 9. The fourth-order valence-corrected chi connectivity index (χ4v) is 2.39. The number of ether oxygens (including phenoxy) is 3. The molecule has 0 heterocycles. The average Bonchev–Trinajstić information content (AvgIpc) is 2.59. The Bertz CT molecular complexity index is 668. The highest BCUT2D eigenvalue weighted by atomic mass is 79.9. The summed E-state index contributed by atoms with van der Waals surface area (Å²) in [4.78, 5) is 36.1. The second kappa shape index (κ2) is 10.6. The summed E-state index contributed by atoms with van der Waals surface area (Å²) >= 11 is 9.80. The molecule has 1 rings (SSSR count). The van der Waals surface area contributed by atoms with Gasteiger partial charge in [0.1, 0.15) is 32.8 Å². The molecule has 9 heteroatoms. The van der Waals surface area contributed by atoms with Crippen molar-refractivity contribution < 1.29 is 28.6 Å². The summed E-state index contributed by atoms with van der Waals surface area (Å²) in [5.41, 5.74) is 2.07. The molecule has 0 radical (unpaired) electrons. The summed E-state index contributed by atoms with van der Waals surface area (Å²) in [6.45, 7) is 10.3. The van der Waals surface area contributed by atoms with Crippen LogP contribution < -0.4 is 0 Å². The van der Waals surface area contributed by atoms with Crippen LogP contribution in [0.25, 0.3) is 0 Å². The lowest BCUT2D eigenvalue weighted by Crippen LogP contribution is -2.27. The van der Waals surface area contributed by atoms with E-state index in [9.17, 15) is 14.4 Å². The fraction of sp³-hybridized carbons (Fsp3) is 0.571. The normalized spacial score (nSPS) is 12.3. The first kappa shape index (κ1) is 27.1. The van der Waals surface area contributed by atoms with Crippen molar-refractivity contribution in [2.75, 3.05) is 0 Å². The number of hydrogen-bond acceptors (Lipinski definition) is 6. The van der Waals surface area contributed by atoms with Gasteiger partial charge in [-0.2, -0.15) is 0 Å². The second-order valence-electron chi connectivity index (χ2n) is 8.30. The lowest BCUT2D eigenvalue weighted by Gasteiger charge is -2.18. The summed E-state index contributed by atoms with van der Waals surface area (Å²) in [6, 6.07) is 5.34. The lowest BCUT2D eigenvalue weighted by atomic mass is 10.1. The highest BCUT2D eigenvalue weighted by Gasteiger charge is 2.27. The van der Waals surface area contributed by atoms with Gasteiger partial charge in [-0.1, -0.05) is 47.8 Å². The van der Waals surface area contributed by atoms with Gasteiger partial charge in [0.25, 0.3) is 0 Å². The Hall–Kier alpha value is -0.930. The minimum atomic E-state index is -0.804. The fourth-order valence-electron chi connectivity index (χ4n) is 2.05. The Balaban J connectivity index is 3.01. The molecule has 0 fully saturated rings. The molecule has 30 heavy (non-hydrogen) atoms. The van der Waals surface area contributed by atoms with Gasteiger partial charge in [0.2, 0.25) is 0 Å². The predicted octanol–water partition coefficient (Wildman–Crippen LogP) is 5.34. The van der Waals surface area contributed by atoms with Gasteiger partial charge in [-0.3, -0.25) is 14.4 Å². The van der Waals surface area contributed by atoms with E-state index in [1.54, 1.807) is 59.7 Å². The van der Waals surface area contributed by atoms with Crippen molar-refractivity contribution in [2.24, 2.45) is 0 Å². The van der Waals surface area contributed by atoms with E-state index in [1.165, 1.54) is 0 Å².